The Bertz CT molecular complexity index is 1050. The van der Waals surface area contributed by atoms with E-state index in [4.69, 9.17) is 14.2 Å². The molecule has 1 heterocycles. The topological polar surface area (TPSA) is 51.2 Å². The molecule has 5 atom stereocenters. The highest BCUT2D eigenvalue weighted by molar-refractivity contribution is 5.48. The largest absolute Gasteiger partial charge is 0.493 e. The Kier molecular flexibility index (Phi) is 8.22. The summed E-state index contributed by atoms with van der Waals surface area (Å²) in [5.41, 5.74) is 1.51. The van der Waals surface area contributed by atoms with Crippen molar-refractivity contribution in [3.63, 3.8) is 0 Å². The van der Waals surface area contributed by atoms with Gasteiger partial charge in [0.05, 0.1) is 32.0 Å². The first-order valence-electron chi connectivity index (χ1n) is 13.9. The highest BCUT2D eigenvalue weighted by Crippen LogP contribution is 2.57. The molecule has 5 nitrogen and oxygen atoms in total. The normalized spacial score (nSPS) is 32.3. The molecule has 1 aliphatic heterocycles. The fourth-order valence-electron chi connectivity index (χ4n) is 6.66. The van der Waals surface area contributed by atoms with E-state index in [1.807, 2.05) is 13.8 Å². The minimum Gasteiger partial charge on any atom is -0.493 e. The third-order valence-corrected chi connectivity index (χ3v) is 10.7. The summed E-state index contributed by atoms with van der Waals surface area (Å²) in [5, 5.41) is 11.2. The highest BCUT2D eigenvalue weighted by Gasteiger charge is 2.60. The van der Waals surface area contributed by atoms with E-state index >= 15 is 0 Å². The summed E-state index contributed by atoms with van der Waals surface area (Å²) in [5.74, 6) is 2.33. The summed E-state index contributed by atoms with van der Waals surface area (Å²) in [7, 11) is 1.69. The molecular formula is C31H365NO4. The molecular weight excluding hydrogens is 450 g/mol. The molecule has 2 aliphatic rings. The van der Waals surface area contributed by atoms with Gasteiger partial charge in [0.2, 0.25) is 0 Å². The van der Waals surface area contributed by atoms with Gasteiger partial charge in [0, 0.05) is 247 Å². The van der Waals surface area contributed by atoms with Gasteiger partial charge in [-0.25, -0.2) is 0 Å². The van der Waals surface area contributed by atoms with Crippen molar-refractivity contribution in [3.8, 4) is 11.5 Å². The summed E-state index contributed by atoms with van der Waals surface area (Å²) >= 11 is 0. The fourth-order valence-corrected chi connectivity index (χ4v) is 6.66. The number of hydrogen-bond acceptors (Lipinski definition) is 5. The van der Waals surface area contributed by atoms with E-state index in [9.17, 15) is 5.11 Å². The number of methoxy groups -OCH3 is 1. The second-order valence-electron chi connectivity index (χ2n) is 13.4. The van der Waals surface area contributed by atoms with Gasteiger partial charge in [-0.1, -0.05) is 41.5 Å². The highest BCUT2D eigenvalue weighted by atomic mass is 16.5. The SMILES string of the molecule is CCOc1cc(C(C)CO[C@H]2[C@H](N3CC[C@@](C)(O)C3(C)C)CC(C)C(C)(C)C2(C)C)c(C)cc1OC.[HH].[HH].[HH].[HH].[HH].[HH].[HH].[HH].[HH].[HH].[HH].[HH].[HH].[HH].[HH].[HH].[HH].[HH].[HH].[HH].[HH].[HH].[HH].[HH].[HH].[HH].[HH].[HH].[HH].[HH].[HH].[HH].[HH].[HH].[HH].[HH].[HH].[HH].[HH].[HH].[HH].[HH].[HH].[HH].[HH].[HH].[HH].[HH].[HH].[HH].[HH].[HH].[HH].[HH].[HH].[HH].[HH].[HH].[HH].[HH].[HH].[HH].[HH].[HH].[HH].[HH].[HH].[HH].[HH].[HH].[HH].[HH].[HH].[HH].[HH].[HH].[HH].[HH].[HH].[HH].[HH].[HH].[HH].[HH].[HH].[HH].[HH].[HH].[HH].[HH].[HH].[HH].[HH].[HH].[HH].[HH].[HH].[HH].[HH].[HH].[HH].[HH].[HH].[HH].[HH].[HH].[HH].[HH].[HH].[HH].[HH].[HH].[HH].[HH].[HH].[HH].[HH].[HH].[HH].[HH].[HH].[HH].[HH].[HH].[HH].[HH].[HH].[HH].[HH].[HH].[HH].[HH].[HH].[HH].[HH].[HH].[HH].[HH].[HH].[HH].[HH].[HH].[HH].[HH].[HH].[HH].[HH].[HH].[HH].[HH].[HH].[HH].[HH].[HH].[HH].[HH]. The summed E-state index contributed by atoms with van der Waals surface area (Å²) in [6, 6.07) is 4.46. The van der Waals surface area contributed by atoms with Crippen LogP contribution in [0.4, 0.5) is 0 Å². The third-order valence-electron chi connectivity index (χ3n) is 10.7. The molecule has 36 heavy (non-hydrogen) atoms. The molecule has 1 aromatic carbocycles. The Morgan fingerprint density at radius 1 is 1.08 bits per heavy atom. The van der Waals surface area contributed by atoms with Crippen LogP contribution >= 0.6 is 0 Å². The quantitative estimate of drug-likeness (QED) is 0.283. The van der Waals surface area contributed by atoms with E-state index in [0.717, 1.165) is 30.9 Å². The predicted octanol–water partition coefficient (Wildman–Crippen LogP) is 45.0. The lowest BCUT2D eigenvalue weighted by atomic mass is 9.52. The maximum Gasteiger partial charge on any atom is 0.161 e. The van der Waals surface area contributed by atoms with Crippen molar-refractivity contribution in [3.05, 3.63) is 23.3 Å². The van der Waals surface area contributed by atoms with Crippen molar-refractivity contribution in [2.24, 2.45) is 16.7 Å². The number of rotatable bonds is 8. The first kappa shape index (κ1) is 29.3. The molecule has 5 heteroatoms. The third kappa shape index (κ3) is 4.80. The molecule has 1 saturated heterocycles. The van der Waals surface area contributed by atoms with Crippen LogP contribution in [0.2, 0.25) is 0 Å². The Labute approximate surface area is 452 Å². The monoisotopic (exact) mass is 818 g/mol. The van der Waals surface area contributed by atoms with E-state index in [1.165, 1.54) is 11.1 Å². The lowest BCUT2D eigenvalue weighted by Gasteiger charge is -2.60. The van der Waals surface area contributed by atoms with Crippen molar-refractivity contribution in [2.45, 2.75) is 118 Å². The number of nitrogens with zero attached hydrogens (tertiary/aromatic N) is 1. The molecule has 0 spiro atoms. The summed E-state index contributed by atoms with van der Waals surface area (Å²) in [6.07, 6.45) is 1.93. The van der Waals surface area contributed by atoms with Gasteiger partial charge in [0.1, 0.15) is 0 Å². The molecule has 0 radical (unpaired) electrons. The van der Waals surface area contributed by atoms with Crippen LogP contribution in [-0.4, -0.2) is 60.2 Å². The van der Waals surface area contributed by atoms with Crippen molar-refractivity contribution in [1.29, 1.82) is 0 Å². The van der Waals surface area contributed by atoms with Gasteiger partial charge in [-0.2, -0.15) is 0 Å². The van der Waals surface area contributed by atoms with Crippen LogP contribution in [0.3, 0.4) is 0 Å². The van der Waals surface area contributed by atoms with E-state index in [2.05, 4.69) is 79.3 Å². The second-order valence-corrected chi connectivity index (χ2v) is 13.4. The predicted molar refractivity (Wildman–Crippen MR) is 478 cm³/mol. The lowest BCUT2D eigenvalue weighted by molar-refractivity contribution is -0.186. The summed E-state index contributed by atoms with van der Waals surface area (Å²) in [4.78, 5) is 2.56. The zero-order valence-corrected chi connectivity index (χ0v) is 25.1. The number of hydrogen-bond donors (Lipinski definition) is 1. The van der Waals surface area contributed by atoms with Crippen LogP contribution in [0.5, 0.6) is 11.5 Å². The van der Waals surface area contributed by atoms with Crippen molar-refractivity contribution < 1.29 is 242 Å². The first-order chi connectivity index (χ1) is 16.5. The van der Waals surface area contributed by atoms with E-state index in [-0.39, 0.29) is 257 Å². The number of aryl methyl sites for hydroxylation is 1. The Morgan fingerprint density at radius 2 is 1.72 bits per heavy atom. The number of likely N-dealkylation sites (tertiary alicyclic amines) is 1. The van der Waals surface area contributed by atoms with Crippen molar-refractivity contribution in [1.82, 2.24) is 4.90 Å². The molecule has 518 valence electrons. The maximum atomic E-state index is 11.2. The van der Waals surface area contributed by atoms with Gasteiger partial charge in [0.15, 0.2) is 11.5 Å². The zero-order chi connectivity index (χ0) is 27.3. The van der Waals surface area contributed by atoms with Gasteiger partial charge >= 0.3 is 0 Å². The zero-order valence-electron chi connectivity index (χ0n) is 25.1. The van der Waals surface area contributed by atoms with Gasteiger partial charge in [-0.3, -0.25) is 4.90 Å². The molecule has 1 aromatic rings. The van der Waals surface area contributed by atoms with E-state index in [1.54, 1.807) is 7.11 Å². The standard InChI is InChI=1S/C31H53NO4.156H2/c1-13-35-26-18-23(20(2)16-25(26)34-12)21(3)19-36-27-24(17-22(4)28(5,6)29(27,7)8)32-15-14-31(11,33)30(32,9)10;;;;;;;;;;;;;;;;;;;;;;;;;;;;;;;;;;;;;;;;;;;;;;;;;;;;;;;;;;;;;;;;;;;;;;;;;;;;;;;;;;;;;;;;;;;;;;;;;;;;;;;;;;;;;;;;;;;;;;;;;;;;;;;;;;;;;;;;;;;;;;;;;;;;;;;;;;;;/h16,18,21-22,24,27,33H,13-15,17,19H2,1-12H3;156*1H/t21?,22?,24-,27+,31-;;;;;;;;;;;;;;;;;;;;;;;;;;;;;;;;;;;;;;;;;;;;;;;;;;;;;;;;;;;;;;;;;;;;;;;;;;;;;;;;;;;;;;;;;;;;;;;;;;;;;;;;;;;;;;;;;;;;;;;;;;;;;;;;;;;;;;;;;;;;;;;;;;;;;;;;;;;;/m1............................................................................................................................................................/s1. The van der Waals surface area contributed by atoms with Gasteiger partial charge in [-0.05, 0) is 87.5 Å². The second kappa shape index (κ2) is 10.1. The fraction of sp³-hybridized carbons (Fsp3) is 0.806. The van der Waals surface area contributed by atoms with Crippen LogP contribution in [0.25, 0.3) is 0 Å². The smallest absolute Gasteiger partial charge is 0.161 e. The van der Waals surface area contributed by atoms with Crippen LogP contribution in [0.15, 0.2) is 12.1 Å². The Hall–Kier alpha value is -1.30. The maximum absolute atomic E-state index is 11.2. The minimum atomic E-state index is -0.707. The average molecular weight is 818 g/mol. The van der Waals surface area contributed by atoms with Crippen LogP contribution in [0, 0.1) is 23.7 Å². The van der Waals surface area contributed by atoms with Crippen molar-refractivity contribution >= 4 is 0 Å². The molecule has 1 aliphatic carbocycles. The molecule has 2 unspecified atom stereocenters. The minimum absolute atomic E-state index is 0. The molecule has 0 amide bonds. The Morgan fingerprint density at radius 3 is 2.25 bits per heavy atom. The van der Waals surface area contributed by atoms with Gasteiger partial charge in [-0.15, -0.1) is 0 Å². The molecule has 0 aromatic heterocycles. The van der Waals surface area contributed by atoms with Crippen LogP contribution in [0.1, 0.15) is 322 Å². The first-order valence-corrected chi connectivity index (χ1v) is 13.9. The summed E-state index contributed by atoms with van der Waals surface area (Å²) < 4.78 is 18.4. The number of ether oxygens (including phenoxy) is 3. The van der Waals surface area contributed by atoms with Crippen molar-refractivity contribution in [2.75, 3.05) is 26.9 Å². The molecule has 2 fully saturated rings. The molecule has 1 saturated carbocycles. The van der Waals surface area contributed by atoms with Crippen LogP contribution in [-0.2, 0) is 4.74 Å². The molecule has 0 bridgehead atoms. The number of aliphatic hydroxyl groups is 1. The van der Waals surface area contributed by atoms with Gasteiger partial charge < -0.3 is 19.3 Å². The van der Waals surface area contributed by atoms with E-state index in [0.29, 0.717) is 19.1 Å². The Balaban J connectivity index is -0.000000000609. The average Bonchev–Trinajstić information content (AvgIpc) is 2.99. The van der Waals surface area contributed by atoms with Crippen LogP contribution < -0.4 is 9.47 Å². The molecule has 1 N–H and O–H groups in total. The molecule has 3 rings (SSSR count). The van der Waals surface area contributed by atoms with E-state index < -0.39 is 5.60 Å². The number of benzene rings is 1. The summed E-state index contributed by atoms with van der Waals surface area (Å²) in [6.45, 7) is 26.9. The lowest BCUT2D eigenvalue weighted by Crippen LogP contribution is -2.66. The van der Waals surface area contributed by atoms with Gasteiger partial charge in [0.25, 0.3) is 0 Å².